The van der Waals surface area contributed by atoms with Crippen LogP contribution in [0.4, 0.5) is 11.4 Å². The molecule has 2 nitrogen and oxygen atoms in total. The number of thioether (sulfide) groups is 1. The minimum atomic E-state index is 0.108. The van der Waals surface area contributed by atoms with Crippen molar-refractivity contribution in [2.45, 2.75) is 42.9 Å². The Hall–Kier alpha value is -3.73. The molecule has 3 aromatic rings. The Morgan fingerprint density at radius 1 is 0.756 bits per heavy atom. The maximum Gasteiger partial charge on any atom is 0.0372 e. The largest absolute Gasteiger partial charge is 0.378 e. The number of hydrogen-bond donors (Lipinski definition) is 0. The highest BCUT2D eigenvalue weighted by Gasteiger charge is 2.20. The third-order valence-corrected chi connectivity index (χ3v) is 12.0. The number of benzene rings is 3. The summed E-state index contributed by atoms with van der Waals surface area (Å²) >= 11 is 1.87. The summed E-state index contributed by atoms with van der Waals surface area (Å²) in [6.45, 7) is 4.50. The first-order chi connectivity index (χ1) is 21.7. The molecular formula is C41H44N2S2. The monoisotopic (exact) mass is 628 g/mol. The van der Waals surface area contributed by atoms with E-state index in [2.05, 4.69) is 161 Å². The molecule has 0 amide bonds. The summed E-state index contributed by atoms with van der Waals surface area (Å²) in [6, 6.07) is 24.8. The van der Waals surface area contributed by atoms with Gasteiger partial charge >= 0.3 is 0 Å². The fourth-order valence-corrected chi connectivity index (χ4v) is 8.81. The summed E-state index contributed by atoms with van der Waals surface area (Å²) in [5.41, 5.74) is 13.3. The van der Waals surface area contributed by atoms with Gasteiger partial charge in [-0.25, -0.2) is 0 Å². The van der Waals surface area contributed by atoms with Crippen LogP contribution in [0.3, 0.4) is 0 Å². The molecule has 45 heavy (non-hydrogen) atoms. The highest BCUT2D eigenvalue weighted by molar-refractivity contribution is 8.15. The quantitative estimate of drug-likeness (QED) is 0.251. The molecule has 0 N–H and O–H groups in total. The Kier molecular flexibility index (Phi) is 9.26. The average Bonchev–Trinajstić information content (AvgIpc) is 3.04. The van der Waals surface area contributed by atoms with Gasteiger partial charge in [0.2, 0.25) is 0 Å². The van der Waals surface area contributed by atoms with Crippen LogP contribution >= 0.6 is 22.2 Å². The zero-order valence-electron chi connectivity index (χ0n) is 27.6. The number of fused-ring (bicyclic) bond motifs is 2. The summed E-state index contributed by atoms with van der Waals surface area (Å²) in [4.78, 5) is 9.93. The first-order valence-corrected chi connectivity index (χ1v) is 18.2. The molecule has 0 bridgehead atoms. The topological polar surface area (TPSA) is 6.48 Å². The molecule has 1 aliphatic carbocycles. The molecule has 0 saturated heterocycles. The highest BCUT2D eigenvalue weighted by atomic mass is 32.2. The molecule has 0 saturated carbocycles. The highest BCUT2D eigenvalue weighted by Crippen LogP contribution is 2.44. The van der Waals surface area contributed by atoms with Gasteiger partial charge in [-0.05, 0) is 130 Å². The lowest BCUT2D eigenvalue weighted by molar-refractivity contribution is 0.805. The lowest BCUT2D eigenvalue weighted by atomic mass is 9.82. The Labute approximate surface area is 277 Å². The summed E-state index contributed by atoms with van der Waals surface area (Å²) in [7, 11) is 8.57. The zero-order chi connectivity index (χ0) is 31.7. The standard InChI is InChI=1S/C41H44N2S2/c1-28-24-33(37-22-20-35(42(3)4)26-39(37)44-28)18-16-31-14-11-15-32(41(31)30-12-9-8-10-13-30)17-19-34-25-29(2)45(7)40-27-36(43(5)6)21-23-38(34)40/h8-10,12-13,16-27H,11,14-15H2,1-7H3/b19-17+,31-16+,33-18+. The molecule has 230 valence electrons. The van der Waals surface area contributed by atoms with Crippen molar-refractivity contribution in [1.29, 1.82) is 0 Å². The molecule has 0 fully saturated rings. The number of rotatable bonds is 6. The maximum absolute atomic E-state index is 2.41. The van der Waals surface area contributed by atoms with E-state index in [1.54, 1.807) is 0 Å². The molecular weight excluding hydrogens is 585 g/mol. The van der Waals surface area contributed by atoms with Crippen molar-refractivity contribution in [3.63, 3.8) is 0 Å². The second-order valence-corrected chi connectivity index (χ2v) is 15.9. The third kappa shape index (κ3) is 6.64. The molecule has 1 atom stereocenters. The van der Waals surface area contributed by atoms with Gasteiger partial charge in [0.15, 0.2) is 0 Å². The Bertz CT molecular complexity index is 1860. The number of nitrogens with zero attached hydrogens (tertiary/aromatic N) is 2. The van der Waals surface area contributed by atoms with E-state index in [-0.39, 0.29) is 10.5 Å². The van der Waals surface area contributed by atoms with Crippen LogP contribution in [0.1, 0.15) is 49.8 Å². The molecule has 0 radical (unpaired) electrons. The van der Waals surface area contributed by atoms with Crippen LogP contribution in [0.2, 0.25) is 0 Å². The van der Waals surface area contributed by atoms with Crippen molar-refractivity contribution in [1.82, 2.24) is 0 Å². The van der Waals surface area contributed by atoms with Crippen LogP contribution in [0.5, 0.6) is 0 Å². The second-order valence-electron chi connectivity index (χ2n) is 12.5. The maximum atomic E-state index is 2.41. The van der Waals surface area contributed by atoms with Crippen LogP contribution in [0.15, 0.2) is 129 Å². The smallest absolute Gasteiger partial charge is 0.0372 e. The predicted molar refractivity (Wildman–Crippen MR) is 204 cm³/mol. The van der Waals surface area contributed by atoms with Gasteiger partial charge in [0.25, 0.3) is 0 Å². The molecule has 0 aromatic heterocycles. The van der Waals surface area contributed by atoms with Gasteiger partial charge in [-0.3, -0.25) is 0 Å². The first-order valence-electron chi connectivity index (χ1n) is 15.8. The van der Waals surface area contributed by atoms with Gasteiger partial charge in [0.05, 0.1) is 0 Å². The summed E-state index contributed by atoms with van der Waals surface area (Å²) in [6.07, 6.45) is 19.9. The summed E-state index contributed by atoms with van der Waals surface area (Å²) < 4.78 is 0. The molecule has 2 aliphatic heterocycles. The van der Waals surface area contributed by atoms with E-state index in [4.69, 9.17) is 0 Å². The number of anilines is 2. The minimum Gasteiger partial charge on any atom is -0.378 e. The molecule has 4 heteroatoms. The number of hydrogen-bond acceptors (Lipinski definition) is 3. The van der Waals surface area contributed by atoms with Crippen LogP contribution < -0.4 is 9.80 Å². The first kappa shape index (κ1) is 31.3. The molecule has 0 spiro atoms. The van der Waals surface area contributed by atoms with Crippen LogP contribution in [-0.2, 0) is 0 Å². The second kappa shape index (κ2) is 13.3. The number of allylic oxidation sites excluding steroid dienone is 12. The predicted octanol–water partition coefficient (Wildman–Crippen LogP) is 10.9. The lowest BCUT2D eigenvalue weighted by Crippen LogP contribution is -2.09. The van der Waals surface area contributed by atoms with E-state index in [0.717, 1.165) is 19.3 Å². The summed E-state index contributed by atoms with van der Waals surface area (Å²) in [5, 5.41) is 0. The van der Waals surface area contributed by atoms with Crippen molar-refractivity contribution >= 4 is 55.2 Å². The average molecular weight is 629 g/mol. The van der Waals surface area contributed by atoms with Crippen molar-refractivity contribution in [3.05, 3.63) is 136 Å². The Morgan fingerprint density at radius 2 is 1.47 bits per heavy atom. The van der Waals surface area contributed by atoms with Gasteiger partial charge < -0.3 is 9.80 Å². The van der Waals surface area contributed by atoms with Gasteiger partial charge in [-0.1, -0.05) is 78.5 Å². The fourth-order valence-electron chi connectivity index (χ4n) is 6.34. The van der Waals surface area contributed by atoms with Crippen LogP contribution in [-0.4, -0.2) is 39.3 Å². The molecule has 1 unspecified atom stereocenters. The molecule has 2 heterocycles. The van der Waals surface area contributed by atoms with E-state index in [1.807, 2.05) is 11.8 Å². The van der Waals surface area contributed by atoms with Gasteiger partial charge in [-0.15, -0.1) is 0 Å². The van der Waals surface area contributed by atoms with Crippen LogP contribution in [0.25, 0.3) is 16.7 Å². The zero-order valence-corrected chi connectivity index (χ0v) is 29.3. The molecule has 6 rings (SSSR count). The van der Waals surface area contributed by atoms with Crippen LogP contribution in [0, 0.1) is 0 Å². The third-order valence-electron chi connectivity index (χ3n) is 8.91. The van der Waals surface area contributed by atoms with E-state index >= 15 is 0 Å². The van der Waals surface area contributed by atoms with E-state index in [9.17, 15) is 0 Å². The Balaban J connectivity index is 1.42. The fraction of sp³-hybridized carbons (Fsp3) is 0.244. The van der Waals surface area contributed by atoms with Crippen molar-refractivity contribution in [2.24, 2.45) is 0 Å². The van der Waals surface area contributed by atoms with E-state index < -0.39 is 0 Å². The summed E-state index contributed by atoms with van der Waals surface area (Å²) in [5.74, 6) is 0. The van der Waals surface area contributed by atoms with Crippen molar-refractivity contribution < 1.29 is 0 Å². The van der Waals surface area contributed by atoms with Gasteiger partial charge in [0, 0.05) is 49.4 Å². The normalized spacial score (nSPS) is 19.9. The van der Waals surface area contributed by atoms with Gasteiger partial charge in [-0.2, -0.15) is 10.5 Å². The van der Waals surface area contributed by atoms with E-state index in [0.29, 0.717) is 0 Å². The lowest BCUT2D eigenvalue weighted by Gasteiger charge is -2.24. The minimum absolute atomic E-state index is 0.108. The van der Waals surface area contributed by atoms with Crippen molar-refractivity contribution in [3.8, 4) is 0 Å². The SMILES string of the molecule is CC1=C/C(=C\C=C2/CCCC(/C=C/C3=CC(C)=S(C)c4cc(N(C)C)ccc43)=C2c2ccccc2)c2ccc(N(C)C)cc2S1. The van der Waals surface area contributed by atoms with Gasteiger partial charge in [0.1, 0.15) is 0 Å². The van der Waals surface area contributed by atoms with E-state index in [1.165, 1.54) is 75.5 Å². The molecule has 3 aliphatic rings. The molecule has 3 aromatic carbocycles. The van der Waals surface area contributed by atoms with Crippen molar-refractivity contribution in [2.75, 3.05) is 44.2 Å². The Morgan fingerprint density at radius 3 is 2.20 bits per heavy atom.